The van der Waals surface area contributed by atoms with Gasteiger partial charge in [0.1, 0.15) is 11.5 Å². The van der Waals surface area contributed by atoms with E-state index in [9.17, 15) is 9.59 Å². The van der Waals surface area contributed by atoms with Crippen molar-refractivity contribution in [1.82, 2.24) is 0 Å². The van der Waals surface area contributed by atoms with Crippen molar-refractivity contribution in [3.05, 3.63) is 70.6 Å². The van der Waals surface area contributed by atoms with Crippen molar-refractivity contribution in [3.8, 4) is 11.5 Å². The molecule has 4 nitrogen and oxygen atoms in total. The van der Waals surface area contributed by atoms with Gasteiger partial charge in [0.15, 0.2) is 0 Å². The number of hydrogen-bond donors (Lipinski definition) is 0. The molecule has 0 aliphatic rings. The summed E-state index contributed by atoms with van der Waals surface area (Å²) >= 11 is 1.46. The Bertz CT molecular complexity index is 1220. The number of ketones is 1. The molecular formula is C23H18O4S. The molecule has 0 radical (unpaired) electrons. The Morgan fingerprint density at radius 2 is 1.61 bits per heavy atom. The summed E-state index contributed by atoms with van der Waals surface area (Å²) in [7, 11) is 1.59. The largest absolute Gasteiger partial charge is 0.497 e. The van der Waals surface area contributed by atoms with Gasteiger partial charge in [0.2, 0.25) is 5.78 Å². The van der Waals surface area contributed by atoms with E-state index < -0.39 is 0 Å². The molecular weight excluding hydrogens is 372 g/mol. The summed E-state index contributed by atoms with van der Waals surface area (Å²) < 4.78 is 11.7. The highest BCUT2D eigenvalue weighted by atomic mass is 32.1. The molecule has 4 rings (SSSR count). The summed E-state index contributed by atoms with van der Waals surface area (Å²) in [5.41, 5.74) is 1.46. The van der Waals surface area contributed by atoms with Crippen LogP contribution in [0.2, 0.25) is 0 Å². The zero-order chi connectivity index (χ0) is 19.8. The van der Waals surface area contributed by atoms with Crippen LogP contribution in [0.3, 0.4) is 0 Å². The molecule has 5 heteroatoms. The van der Waals surface area contributed by atoms with Gasteiger partial charge >= 0.3 is 5.97 Å². The highest BCUT2D eigenvalue weighted by molar-refractivity contribution is 7.22. The fourth-order valence-electron chi connectivity index (χ4n) is 3.34. The van der Waals surface area contributed by atoms with Gasteiger partial charge in [-0.1, -0.05) is 24.3 Å². The summed E-state index contributed by atoms with van der Waals surface area (Å²) in [6.45, 7) is 3.31. The number of methoxy groups -OCH3 is 1. The van der Waals surface area contributed by atoms with E-state index in [-0.39, 0.29) is 11.8 Å². The Kier molecular flexibility index (Phi) is 4.61. The Morgan fingerprint density at radius 3 is 2.25 bits per heavy atom. The maximum Gasteiger partial charge on any atom is 0.308 e. The molecule has 0 saturated heterocycles. The first-order valence-electron chi connectivity index (χ1n) is 8.81. The molecule has 0 unspecified atom stereocenters. The number of carbonyl (C=O) groups excluding carboxylic acids is 2. The van der Waals surface area contributed by atoms with Crippen molar-refractivity contribution in [3.63, 3.8) is 0 Å². The maximum absolute atomic E-state index is 13.0. The maximum atomic E-state index is 13.0. The predicted octanol–water partition coefficient (Wildman–Crippen LogP) is 5.53. The Labute approximate surface area is 166 Å². The summed E-state index contributed by atoms with van der Waals surface area (Å²) in [5, 5.41) is 2.77. The predicted molar refractivity (Wildman–Crippen MR) is 112 cm³/mol. The molecule has 28 heavy (non-hydrogen) atoms. The van der Waals surface area contributed by atoms with Crippen LogP contribution in [0.15, 0.2) is 54.6 Å². The van der Waals surface area contributed by atoms with Crippen molar-refractivity contribution in [2.45, 2.75) is 13.8 Å². The average molecular weight is 390 g/mol. The van der Waals surface area contributed by atoms with E-state index in [0.29, 0.717) is 21.9 Å². The Hall–Kier alpha value is -3.18. The molecule has 140 valence electrons. The van der Waals surface area contributed by atoms with Gasteiger partial charge in [-0.15, -0.1) is 11.3 Å². The molecule has 0 bridgehead atoms. The van der Waals surface area contributed by atoms with Gasteiger partial charge in [-0.2, -0.15) is 0 Å². The number of thiophene rings is 1. The van der Waals surface area contributed by atoms with Crippen LogP contribution in [0.4, 0.5) is 0 Å². The van der Waals surface area contributed by atoms with Crippen molar-refractivity contribution >= 4 is 43.9 Å². The zero-order valence-electron chi connectivity index (χ0n) is 15.7. The number of aryl methyl sites for hydroxylation is 1. The topological polar surface area (TPSA) is 52.6 Å². The summed E-state index contributed by atoms with van der Waals surface area (Å²) in [6.07, 6.45) is 0. The second-order valence-electron chi connectivity index (χ2n) is 6.50. The molecule has 3 aromatic carbocycles. The molecule has 0 atom stereocenters. The van der Waals surface area contributed by atoms with Gasteiger partial charge < -0.3 is 9.47 Å². The van der Waals surface area contributed by atoms with Crippen LogP contribution < -0.4 is 9.47 Å². The lowest BCUT2D eigenvalue weighted by molar-refractivity contribution is -0.131. The van der Waals surface area contributed by atoms with Gasteiger partial charge in [0, 0.05) is 38.9 Å². The molecule has 0 spiro atoms. The fourth-order valence-corrected chi connectivity index (χ4v) is 4.56. The lowest BCUT2D eigenvalue weighted by Crippen LogP contribution is -2.03. The minimum atomic E-state index is -0.364. The smallest absolute Gasteiger partial charge is 0.308 e. The number of carbonyl (C=O) groups is 2. The van der Waals surface area contributed by atoms with Crippen molar-refractivity contribution in [2.75, 3.05) is 7.11 Å². The third-order valence-corrected chi connectivity index (χ3v) is 5.88. The lowest BCUT2D eigenvalue weighted by atomic mass is 10.0. The van der Waals surface area contributed by atoms with E-state index in [0.717, 1.165) is 26.4 Å². The van der Waals surface area contributed by atoms with Gasteiger partial charge in [0.05, 0.1) is 12.0 Å². The lowest BCUT2D eigenvalue weighted by Gasteiger charge is -2.11. The highest BCUT2D eigenvalue weighted by Crippen LogP contribution is 2.42. The summed E-state index contributed by atoms with van der Waals surface area (Å²) in [6, 6.07) is 16.8. The second-order valence-corrected chi connectivity index (χ2v) is 7.56. The van der Waals surface area contributed by atoms with Crippen LogP contribution in [0, 0.1) is 6.92 Å². The van der Waals surface area contributed by atoms with Crippen LogP contribution in [-0.2, 0) is 4.79 Å². The second kappa shape index (κ2) is 7.09. The van der Waals surface area contributed by atoms with Crippen LogP contribution in [0.5, 0.6) is 11.5 Å². The van der Waals surface area contributed by atoms with E-state index in [1.807, 2.05) is 37.3 Å². The molecule has 1 heterocycles. The van der Waals surface area contributed by atoms with E-state index in [4.69, 9.17) is 9.47 Å². The number of rotatable bonds is 4. The first-order valence-corrected chi connectivity index (χ1v) is 9.63. The molecule has 0 N–H and O–H groups in total. The minimum absolute atomic E-state index is 0.0404. The van der Waals surface area contributed by atoms with Gasteiger partial charge in [-0.05, 0) is 37.3 Å². The molecule has 0 aliphatic heterocycles. The van der Waals surface area contributed by atoms with E-state index >= 15 is 0 Å². The standard InChI is InChI=1S/C23H18O4S/c1-13-19-12-20(21(25)15-8-10-16(26-3)11-9-15)28-23(19)18-7-5-4-6-17(18)22(13)27-14(2)24/h4-12H,1-3H3. The normalized spacial score (nSPS) is 11.0. The molecule has 0 aliphatic carbocycles. The molecule has 4 aromatic rings. The summed E-state index contributed by atoms with van der Waals surface area (Å²) in [4.78, 5) is 25.3. The first kappa shape index (κ1) is 18.2. The number of benzene rings is 3. The number of ether oxygens (including phenoxy) is 2. The highest BCUT2D eigenvalue weighted by Gasteiger charge is 2.19. The summed E-state index contributed by atoms with van der Waals surface area (Å²) in [5.74, 6) is 0.858. The van der Waals surface area contributed by atoms with Crippen LogP contribution in [0.25, 0.3) is 20.9 Å². The molecule has 0 saturated carbocycles. The molecule has 1 aromatic heterocycles. The quantitative estimate of drug-likeness (QED) is 0.261. The third-order valence-electron chi connectivity index (χ3n) is 4.71. The molecule has 0 amide bonds. The SMILES string of the molecule is COc1ccc(C(=O)c2cc3c(C)c(OC(C)=O)c4ccccc4c3s2)cc1. The monoisotopic (exact) mass is 390 g/mol. The number of hydrogen-bond acceptors (Lipinski definition) is 5. The number of esters is 1. The fraction of sp³-hybridized carbons (Fsp3) is 0.130. The van der Waals surface area contributed by atoms with Crippen molar-refractivity contribution in [1.29, 1.82) is 0 Å². The van der Waals surface area contributed by atoms with E-state index in [1.54, 1.807) is 31.4 Å². The molecule has 0 fully saturated rings. The van der Waals surface area contributed by atoms with Crippen LogP contribution in [0.1, 0.15) is 27.7 Å². The zero-order valence-corrected chi connectivity index (χ0v) is 16.6. The van der Waals surface area contributed by atoms with Gasteiger partial charge in [-0.3, -0.25) is 9.59 Å². The Balaban J connectivity index is 1.90. The average Bonchev–Trinajstić information content (AvgIpc) is 3.16. The van der Waals surface area contributed by atoms with E-state index in [1.165, 1.54) is 18.3 Å². The number of fused-ring (bicyclic) bond motifs is 3. The van der Waals surface area contributed by atoms with Gasteiger partial charge in [-0.25, -0.2) is 0 Å². The van der Waals surface area contributed by atoms with Crippen molar-refractivity contribution in [2.24, 2.45) is 0 Å². The first-order chi connectivity index (χ1) is 13.5. The Morgan fingerprint density at radius 1 is 0.929 bits per heavy atom. The minimum Gasteiger partial charge on any atom is -0.497 e. The van der Waals surface area contributed by atoms with Crippen LogP contribution >= 0.6 is 11.3 Å². The third kappa shape index (κ3) is 3.04. The van der Waals surface area contributed by atoms with Crippen molar-refractivity contribution < 1.29 is 19.1 Å². The van der Waals surface area contributed by atoms with Gasteiger partial charge in [0.25, 0.3) is 0 Å². The van der Waals surface area contributed by atoms with Crippen LogP contribution in [-0.4, -0.2) is 18.9 Å². The van der Waals surface area contributed by atoms with E-state index in [2.05, 4.69) is 0 Å².